The Hall–Kier alpha value is -3.55. The fraction of sp³-hybridized carbons (Fsp3) is 0.441. The molecule has 0 heterocycles. The van der Waals surface area contributed by atoms with Crippen molar-refractivity contribution in [2.24, 2.45) is 11.8 Å². The van der Waals surface area contributed by atoms with Crippen molar-refractivity contribution >= 4 is 17.7 Å². The summed E-state index contributed by atoms with van der Waals surface area (Å²) in [6, 6.07) is 23.9. The van der Waals surface area contributed by atoms with Gasteiger partial charge in [-0.2, -0.15) is 0 Å². The topological polar surface area (TPSA) is 88.1 Å². The van der Waals surface area contributed by atoms with Crippen LogP contribution in [0.4, 0.5) is 0 Å². The first kappa shape index (κ1) is 33.7. The van der Waals surface area contributed by atoms with Crippen molar-refractivity contribution in [2.75, 3.05) is 20.8 Å². The van der Waals surface area contributed by atoms with Crippen molar-refractivity contribution in [1.29, 1.82) is 0 Å². The van der Waals surface area contributed by atoms with Gasteiger partial charge in [0.05, 0.1) is 19.6 Å². The van der Waals surface area contributed by atoms with Crippen LogP contribution in [-0.2, 0) is 39.8 Å². The van der Waals surface area contributed by atoms with E-state index in [0.717, 1.165) is 6.42 Å². The van der Waals surface area contributed by atoms with E-state index in [4.69, 9.17) is 18.9 Å². The Balaban J connectivity index is 0.000000293. The Morgan fingerprint density at radius 2 is 1.51 bits per heavy atom. The summed E-state index contributed by atoms with van der Waals surface area (Å²) in [5.74, 6) is -2.35. The molecule has 0 bridgehead atoms. The predicted molar refractivity (Wildman–Crippen MR) is 160 cm³/mol. The molecule has 2 aliphatic rings. The Labute approximate surface area is 244 Å². The number of carbonyl (C=O) groups excluding carboxylic acids is 3. The molecule has 7 nitrogen and oxygen atoms in total. The first-order chi connectivity index (χ1) is 19.6. The molecule has 1 aromatic rings. The van der Waals surface area contributed by atoms with Gasteiger partial charge >= 0.3 is 11.9 Å². The second kappa shape index (κ2) is 17.3. The summed E-state index contributed by atoms with van der Waals surface area (Å²) in [7, 11) is 2.76. The van der Waals surface area contributed by atoms with Crippen molar-refractivity contribution < 1.29 is 33.3 Å². The van der Waals surface area contributed by atoms with Crippen LogP contribution in [0.1, 0.15) is 57.2 Å². The van der Waals surface area contributed by atoms with Gasteiger partial charge in [-0.3, -0.25) is 9.59 Å². The molecule has 2 aliphatic carbocycles. The Morgan fingerprint density at radius 3 is 2.02 bits per heavy atom. The van der Waals surface area contributed by atoms with E-state index in [2.05, 4.69) is 73.7 Å². The van der Waals surface area contributed by atoms with Crippen molar-refractivity contribution in [3.63, 3.8) is 0 Å². The van der Waals surface area contributed by atoms with Gasteiger partial charge in [0.2, 0.25) is 0 Å². The Bertz CT molecular complexity index is 1190. The quantitative estimate of drug-likeness (QED) is 0.175. The number of carbonyl (C=O) groups is 3. The number of methoxy groups -OCH3 is 2. The SMILES string of the molecule is CCC(OC(C)=O)C(C(=O)OC)C(COC(C)OC)CC(C)=O.Cc1cccc(Cc2cc3cccccc-3c2)c1. The molecule has 3 rings (SSSR count). The summed E-state index contributed by atoms with van der Waals surface area (Å²) in [6.07, 6.45) is 0.407. The third-order valence-corrected chi connectivity index (χ3v) is 6.81. The van der Waals surface area contributed by atoms with Crippen molar-refractivity contribution in [1.82, 2.24) is 0 Å². The van der Waals surface area contributed by atoms with Crippen LogP contribution < -0.4 is 0 Å². The first-order valence-corrected chi connectivity index (χ1v) is 14.0. The molecule has 0 saturated carbocycles. The molecule has 0 N–H and O–H groups in total. The summed E-state index contributed by atoms with van der Waals surface area (Å²) in [6.45, 7) is 8.49. The molecule has 0 amide bonds. The highest BCUT2D eigenvalue weighted by molar-refractivity contribution is 5.79. The van der Waals surface area contributed by atoms with Gasteiger partial charge < -0.3 is 23.7 Å². The van der Waals surface area contributed by atoms with E-state index in [1.807, 2.05) is 0 Å². The maximum atomic E-state index is 12.2. The molecular weight excluding hydrogens is 520 g/mol. The minimum absolute atomic E-state index is 0.0877. The van der Waals surface area contributed by atoms with E-state index in [1.54, 1.807) is 13.8 Å². The number of hydrogen-bond donors (Lipinski definition) is 0. The largest absolute Gasteiger partial charge is 0.469 e. The minimum Gasteiger partial charge on any atom is -0.469 e. The van der Waals surface area contributed by atoms with E-state index in [-0.39, 0.29) is 18.8 Å². The van der Waals surface area contributed by atoms with Gasteiger partial charge in [-0.05, 0) is 55.9 Å². The summed E-state index contributed by atoms with van der Waals surface area (Å²) in [5, 5.41) is 0. The number of ether oxygens (including phenoxy) is 4. The summed E-state index contributed by atoms with van der Waals surface area (Å²) in [4.78, 5) is 35.1. The van der Waals surface area contributed by atoms with Crippen LogP contribution in [-0.4, -0.2) is 50.9 Å². The molecule has 4 unspecified atom stereocenters. The molecule has 0 fully saturated rings. The van der Waals surface area contributed by atoms with Crippen LogP contribution in [0.3, 0.4) is 0 Å². The third-order valence-electron chi connectivity index (χ3n) is 6.81. The highest BCUT2D eigenvalue weighted by atomic mass is 16.7. The predicted octanol–water partition coefficient (Wildman–Crippen LogP) is 6.41. The van der Waals surface area contributed by atoms with Crippen molar-refractivity contribution in [3.05, 3.63) is 83.4 Å². The molecule has 4 atom stereocenters. The van der Waals surface area contributed by atoms with Gasteiger partial charge in [-0.1, -0.05) is 79.2 Å². The van der Waals surface area contributed by atoms with Crippen molar-refractivity contribution in [2.45, 2.75) is 66.3 Å². The van der Waals surface area contributed by atoms with E-state index in [9.17, 15) is 14.4 Å². The van der Waals surface area contributed by atoms with Crippen LogP contribution >= 0.6 is 0 Å². The molecule has 0 aromatic heterocycles. The summed E-state index contributed by atoms with van der Waals surface area (Å²) >= 11 is 0. The summed E-state index contributed by atoms with van der Waals surface area (Å²) < 4.78 is 20.6. The van der Waals surface area contributed by atoms with Crippen LogP contribution in [0.5, 0.6) is 0 Å². The second-order valence-corrected chi connectivity index (χ2v) is 10.3. The molecular formula is C34H44O7. The molecule has 222 valence electrons. The lowest BCUT2D eigenvalue weighted by molar-refractivity contribution is -0.169. The number of aryl methyl sites for hydroxylation is 1. The fourth-order valence-electron chi connectivity index (χ4n) is 4.83. The average Bonchev–Trinajstić information content (AvgIpc) is 3.17. The number of rotatable bonds is 13. The lowest BCUT2D eigenvalue weighted by Gasteiger charge is -2.30. The van der Waals surface area contributed by atoms with Gasteiger partial charge in [-0.25, -0.2) is 0 Å². The monoisotopic (exact) mass is 564 g/mol. The zero-order chi connectivity index (χ0) is 30.4. The number of Topliss-reactive ketones (excluding diaryl/α,β-unsaturated/α-hetero) is 1. The van der Waals surface area contributed by atoms with Gasteiger partial charge in [0.1, 0.15) is 11.9 Å². The van der Waals surface area contributed by atoms with Crippen LogP contribution in [0.2, 0.25) is 0 Å². The maximum Gasteiger partial charge on any atom is 0.312 e. The van der Waals surface area contributed by atoms with E-state index >= 15 is 0 Å². The minimum atomic E-state index is -0.776. The zero-order valence-corrected chi connectivity index (χ0v) is 25.3. The lowest BCUT2D eigenvalue weighted by Crippen LogP contribution is -2.41. The van der Waals surface area contributed by atoms with Crippen LogP contribution in [0.25, 0.3) is 11.1 Å². The molecule has 0 radical (unpaired) electrons. The number of benzene rings is 1. The molecule has 41 heavy (non-hydrogen) atoms. The Morgan fingerprint density at radius 1 is 0.854 bits per heavy atom. The standard InChI is InChI=1S/C18H16.C16H28O7/c1-14-6-5-7-15(10-14)11-16-12-17-8-3-2-4-9-18(17)13-16;1-7-14(23-11(3)18)15(16(19)21-6)13(8-10(2)17)9-22-12(4)20-5/h2-10,12-13H,11H2,1H3;12-15H,7-9H2,1-6H3. The highest BCUT2D eigenvalue weighted by Gasteiger charge is 2.38. The fourth-order valence-corrected chi connectivity index (χ4v) is 4.83. The second-order valence-electron chi connectivity index (χ2n) is 10.3. The van der Waals surface area contributed by atoms with Gasteiger partial charge in [0.15, 0.2) is 6.29 Å². The molecule has 0 saturated heterocycles. The normalized spacial score (nSPS) is 13.7. The Kier molecular flexibility index (Phi) is 14.2. The van der Waals surface area contributed by atoms with E-state index in [1.165, 1.54) is 55.9 Å². The van der Waals surface area contributed by atoms with E-state index < -0.39 is 36.2 Å². The third kappa shape index (κ3) is 11.5. The van der Waals surface area contributed by atoms with Crippen molar-refractivity contribution in [3.8, 4) is 11.1 Å². The van der Waals surface area contributed by atoms with Gasteiger partial charge in [-0.15, -0.1) is 0 Å². The van der Waals surface area contributed by atoms with E-state index in [0.29, 0.717) is 6.42 Å². The average molecular weight is 565 g/mol. The smallest absolute Gasteiger partial charge is 0.312 e. The van der Waals surface area contributed by atoms with Gasteiger partial charge in [0, 0.05) is 26.4 Å². The molecule has 7 heteroatoms. The molecule has 1 aromatic carbocycles. The summed E-state index contributed by atoms with van der Waals surface area (Å²) in [5.41, 5.74) is 6.75. The van der Waals surface area contributed by atoms with Gasteiger partial charge in [0.25, 0.3) is 0 Å². The lowest BCUT2D eigenvalue weighted by atomic mass is 9.83. The number of hydrogen-bond acceptors (Lipinski definition) is 7. The van der Waals surface area contributed by atoms with Crippen LogP contribution in [0.15, 0.2) is 66.7 Å². The zero-order valence-electron chi connectivity index (χ0n) is 25.3. The molecule has 0 aliphatic heterocycles. The molecule has 0 spiro atoms. The first-order valence-electron chi connectivity index (χ1n) is 14.0. The van der Waals surface area contributed by atoms with Crippen LogP contribution in [0, 0.1) is 18.8 Å². The number of fused-ring (bicyclic) bond motifs is 1. The highest BCUT2D eigenvalue weighted by Crippen LogP contribution is 2.28. The maximum absolute atomic E-state index is 12.2. The number of ketones is 1. The number of esters is 2.